The second kappa shape index (κ2) is 5.37. The molecule has 3 nitrogen and oxygen atoms in total. The fourth-order valence-electron chi connectivity index (χ4n) is 2.80. The predicted molar refractivity (Wildman–Crippen MR) is 79.4 cm³/mol. The molecule has 2 aliphatic rings. The van der Waals surface area contributed by atoms with E-state index < -0.39 is 0 Å². The first-order chi connectivity index (χ1) is 9.25. The molecule has 1 unspecified atom stereocenters. The van der Waals surface area contributed by atoms with E-state index in [1.807, 2.05) is 4.90 Å². The first-order valence-corrected chi connectivity index (χ1v) is 7.81. The molecule has 100 valence electrons. The maximum absolute atomic E-state index is 11.6. The van der Waals surface area contributed by atoms with Gasteiger partial charge in [-0.2, -0.15) is 0 Å². The number of hydrogen-bond acceptors (Lipinski definition) is 3. The van der Waals surface area contributed by atoms with Crippen molar-refractivity contribution in [1.29, 1.82) is 0 Å². The average molecular weight is 274 g/mol. The maximum atomic E-state index is 11.6. The van der Waals surface area contributed by atoms with Crippen LogP contribution in [0.5, 0.6) is 0 Å². The van der Waals surface area contributed by atoms with Crippen LogP contribution < -0.4 is 0 Å². The summed E-state index contributed by atoms with van der Waals surface area (Å²) in [5.41, 5.74) is 2.76. The van der Waals surface area contributed by atoms with Crippen molar-refractivity contribution in [3.8, 4) is 0 Å². The monoisotopic (exact) mass is 274 g/mol. The Bertz CT molecular complexity index is 527. The second-order valence-electron chi connectivity index (χ2n) is 5.04. The molecule has 1 heterocycles. The Morgan fingerprint density at radius 2 is 2.26 bits per heavy atom. The zero-order valence-corrected chi connectivity index (χ0v) is 11.9. The smallest absolute Gasteiger partial charge is 0.225 e. The number of carbonyl (C=O) groups is 1. The number of nitrogens with zero attached hydrogens (tertiary/aromatic N) is 2. The van der Waals surface area contributed by atoms with Crippen molar-refractivity contribution >= 4 is 22.8 Å². The van der Waals surface area contributed by atoms with E-state index in [9.17, 15) is 4.79 Å². The lowest BCUT2D eigenvalue weighted by Crippen LogP contribution is -2.29. The molecule has 1 fully saturated rings. The quantitative estimate of drug-likeness (QED) is 0.788. The molecule has 4 heteroatoms. The van der Waals surface area contributed by atoms with Gasteiger partial charge in [0.05, 0.1) is 6.04 Å². The summed E-state index contributed by atoms with van der Waals surface area (Å²) in [7, 11) is 0. The van der Waals surface area contributed by atoms with Gasteiger partial charge in [-0.05, 0) is 30.4 Å². The molecule has 1 aromatic rings. The third-order valence-corrected chi connectivity index (χ3v) is 4.73. The van der Waals surface area contributed by atoms with Crippen LogP contribution in [0.4, 0.5) is 0 Å². The van der Waals surface area contributed by atoms with Crippen LogP contribution in [0.3, 0.4) is 0 Å². The lowest BCUT2D eigenvalue weighted by molar-refractivity contribution is -0.124. The van der Waals surface area contributed by atoms with Gasteiger partial charge in [-0.15, -0.1) is 0 Å². The minimum atomic E-state index is 0.104. The van der Waals surface area contributed by atoms with Gasteiger partial charge in [0.25, 0.3) is 0 Å². The molecule has 0 saturated carbocycles. The SMILES string of the molecule is CC(=O)N1CCS/C1=N\C1CCCc2ccccc21. The van der Waals surface area contributed by atoms with Crippen LogP contribution in [0, 0.1) is 0 Å². The molecule has 1 aliphatic heterocycles. The zero-order valence-electron chi connectivity index (χ0n) is 11.1. The molecule has 1 atom stereocenters. The largest absolute Gasteiger partial charge is 0.291 e. The van der Waals surface area contributed by atoms with Crippen molar-refractivity contribution < 1.29 is 4.79 Å². The summed E-state index contributed by atoms with van der Waals surface area (Å²) >= 11 is 1.70. The van der Waals surface area contributed by atoms with E-state index in [0.717, 1.165) is 30.3 Å². The number of rotatable bonds is 1. The number of hydrogen-bond donors (Lipinski definition) is 0. The van der Waals surface area contributed by atoms with Gasteiger partial charge in [0.15, 0.2) is 5.17 Å². The highest BCUT2D eigenvalue weighted by Crippen LogP contribution is 2.34. The van der Waals surface area contributed by atoms with Crippen LogP contribution in [-0.2, 0) is 11.2 Å². The second-order valence-corrected chi connectivity index (χ2v) is 6.10. The van der Waals surface area contributed by atoms with Crippen LogP contribution in [-0.4, -0.2) is 28.3 Å². The van der Waals surface area contributed by atoms with Crippen molar-refractivity contribution in [2.75, 3.05) is 12.3 Å². The van der Waals surface area contributed by atoms with Gasteiger partial charge in [0.2, 0.25) is 5.91 Å². The van der Waals surface area contributed by atoms with E-state index in [2.05, 4.69) is 24.3 Å². The average Bonchev–Trinajstić information content (AvgIpc) is 2.87. The van der Waals surface area contributed by atoms with Gasteiger partial charge < -0.3 is 0 Å². The molecule has 0 bridgehead atoms. The summed E-state index contributed by atoms with van der Waals surface area (Å²) in [5, 5.41) is 0.911. The summed E-state index contributed by atoms with van der Waals surface area (Å²) in [6.45, 7) is 2.42. The van der Waals surface area contributed by atoms with Crippen molar-refractivity contribution in [3.05, 3.63) is 35.4 Å². The number of thioether (sulfide) groups is 1. The number of aryl methyl sites for hydroxylation is 1. The van der Waals surface area contributed by atoms with Gasteiger partial charge >= 0.3 is 0 Å². The van der Waals surface area contributed by atoms with Gasteiger partial charge in [-0.25, -0.2) is 0 Å². The fourth-order valence-corrected chi connectivity index (χ4v) is 3.83. The zero-order chi connectivity index (χ0) is 13.2. The summed E-state index contributed by atoms with van der Waals surface area (Å²) in [5.74, 6) is 1.07. The number of amidine groups is 1. The minimum absolute atomic E-state index is 0.104. The highest BCUT2D eigenvalue weighted by Gasteiger charge is 2.26. The van der Waals surface area contributed by atoms with Crippen molar-refractivity contribution in [2.24, 2.45) is 4.99 Å². The Hall–Kier alpha value is -1.29. The Morgan fingerprint density at radius 1 is 1.42 bits per heavy atom. The molecule has 0 aromatic heterocycles. The maximum Gasteiger partial charge on any atom is 0.225 e. The van der Waals surface area contributed by atoms with Crippen LogP contribution in [0.1, 0.15) is 36.9 Å². The summed E-state index contributed by atoms with van der Waals surface area (Å²) in [6, 6.07) is 8.79. The van der Waals surface area contributed by atoms with Gasteiger partial charge in [-0.1, -0.05) is 36.0 Å². The number of aliphatic imine (C=N–C) groups is 1. The van der Waals surface area contributed by atoms with E-state index in [-0.39, 0.29) is 11.9 Å². The van der Waals surface area contributed by atoms with Gasteiger partial charge in [0.1, 0.15) is 0 Å². The van der Waals surface area contributed by atoms with E-state index in [1.54, 1.807) is 18.7 Å². The van der Waals surface area contributed by atoms with Crippen molar-refractivity contribution in [3.63, 3.8) is 0 Å². The first kappa shape index (κ1) is 12.7. The summed E-state index contributed by atoms with van der Waals surface area (Å²) in [6.07, 6.45) is 3.43. The Morgan fingerprint density at radius 3 is 3.11 bits per heavy atom. The van der Waals surface area contributed by atoms with E-state index in [1.165, 1.54) is 17.5 Å². The van der Waals surface area contributed by atoms with E-state index in [4.69, 9.17) is 4.99 Å². The summed E-state index contributed by atoms with van der Waals surface area (Å²) in [4.78, 5) is 18.2. The molecule has 0 spiro atoms. The van der Waals surface area contributed by atoms with Crippen LogP contribution in [0.2, 0.25) is 0 Å². The first-order valence-electron chi connectivity index (χ1n) is 6.82. The van der Waals surface area contributed by atoms with Crippen molar-refractivity contribution in [1.82, 2.24) is 4.90 Å². The molecule has 0 radical (unpaired) electrons. The highest BCUT2D eigenvalue weighted by atomic mass is 32.2. The Kier molecular flexibility index (Phi) is 3.60. The molecular weight excluding hydrogens is 256 g/mol. The lowest BCUT2D eigenvalue weighted by Gasteiger charge is -2.24. The molecule has 19 heavy (non-hydrogen) atoms. The minimum Gasteiger partial charge on any atom is -0.291 e. The molecule has 0 N–H and O–H groups in total. The van der Waals surface area contributed by atoms with Gasteiger partial charge in [-0.3, -0.25) is 14.7 Å². The number of benzene rings is 1. The van der Waals surface area contributed by atoms with Gasteiger partial charge in [0, 0.05) is 19.2 Å². The third kappa shape index (κ3) is 2.54. The summed E-state index contributed by atoms with van der Waals surface area (Å²) < 4.78 is 0. The van der Waals surface area contributed by atoms with Crippen LogP contribution in [0.25, 0.3) is 0 Å². The van der Waals surface area contributed by atoms with E-state index in [0.29, 0.717) is 0 Å². The normalized spacial score (nSPS) is 24.6. The molecule has 1 aromatic carbocycles. The molecule has 1 saturated heterocycles. The standard InChI is InChI=1S/C15H18N2OS/c1-11(18)17-9-10-19-15(17)16-14-8-4-6-12-5-2-3-7-13(12)14/h2-3,5,7,14H,4,6,8-10H2,1H3/b16-15-. The predicted octanol–water partition coefficient (Wildman–Crippen LogP) is 3.02. The highest BCUT2D eigenvalue weighted by molar-refractivity contribution is 8.14. The number of amides is 1. The van der Waals surface area contributed by atoms with Crippen LogP contribution >= 0.6 is 11.8 Å². The lowest BCUT2D eigenvalue weighted by atomic mass is 9.88. The molecule has 3 rings (SSSR count). The molecular formula is C15H18N2OS. The van der Waals surface area contributed by atoms with E-state index >= 15 is 0 Å². The Balaban J connectivity index is 1.90. The van der Waals surface area contributed by atoms with Crippen LogP contribution in [0.15, 0.2) is 29.3 Å². The number of fused-ring (bicyclic) bond motifs is 1. The van der Waals surface area contributed by atoms with Crippen molar-refractivity contribution in [2.45, 2.75) is 32.2 Å². The Labute approximate surface area is 118 Å². The number of carbonyl (C=O) groups excluding carboxylic acids is 1. The molecule has 1 amide bonds. The third-order valence-electron chi connectivity index (χ3n) is 3.76. The fraction of sp³-hybridized carbons (Fsp3) is 0.467. The topological polar surface area (TPSA) is 32.7 Å². The molecule has 1 aliphatic carbocycles.